The largest absolute Gasteiger partial charge is 0.494 e. The minimum atomic E-state index is 0.202. The molecule has 1 amide bonds. The molecule has 0 atom stereocenters. The molecule has 2 aromatic rings. The van der Waals surface area contributed by atoms with Gasteiger partial charge in [0.1, 0.15) is 17.4 Å². The predicted molar refractivity (Wildman–Crippen MR) is 111 cm³/mol. The molecule has 0 saturated heterocycles. The molecule has 156 valence electrons. The molecular weight excluding hydrogens is 366 g/mol. The Morgan fingerprint density at radius 3 is 2.72 bits per heavy atom. The molecule has 1 aromatic carbocycles. The van der Waals surface area contributed by atoms with Crippen molar-refractivity contribution in [3.05, 3.63) is 41.5 Å². The number of fused-ring (bicyclic) bond motifs is 1. The van der Waals surface area contributed by atoms with Crippen molar-refractivity contribution < 1.29 is 9.53 Å². The summed E-state index contributed by atoms with van der Waals surface area (Å²) in [6, 6.07) is 8.38. The standard InChI is InChI=1S/C22H31N5O2/c1-2-29-19-8-6-17(7-9-19)16-26-13-11-21-25-24-20(27(21)15-14-26)10-12-23-22(28)18-4-3-5-18/h6-9,18H,2-5,10-16H2,1H3,(H,23,28). The van der Waals surface area contributed by atoms with Crippen molar-refractivity contribution in [1.82, 2.24) is 25.0 Å². The minimum absolute atomic E-state index is 0.202. The summed E-state index contributed by atoms with van der Waals surface area (Å²) in [7, 11) is 0. The summed E-state index contributed by atoms with van der Waals surface area (Å²) in [4.78, 5) is 14.5. The van der Waals surface area contributed by atoms with E-state index in [1.807, 2.05) is 19.1 Å². The van der Waals surface area contributed by atoms with Crippen molar-refractivity contribution in [2.45, 2.75) is 52.1 Å². The zero-order chi connectivity index (χ0) is 20.1. The third kappa shape index (κ3) is 4.96. The Hall–Kier alpha value is -2.41. The van der Waals surface area contributed by atoms with Crippen molar-refractivity contribution in [2.75, 3.05) is 26.2 Å². The molecular formula is C22H31N5O2. The first kappa shape index (κ1) is 19.9. The molecule has 1 aromatic heterocycles. The van der Waals surface area contributed by atoms with E-state index in [0.29, 0.717) is 13.2 Å². The van der Waals surface area contributed by atoms with Crippen LogP contribution in [0.2, 0.25) is 0 Å². The maximum Gasteiger partial charge on any atom is 0.223 e. The van der Waals surface area contributed by atoms with Crippen LogP contribution in [0.3, 0.4) is 0 Å². The summed E-state index contributed by atoms with van der Waals surface area (Å²) in [6.07, 6.45) is 4.90. The molecule has 4 rings (SSSR count). The molecule has 0 radical (unpaired) electrons. The van der Waals surface area contributed by atoms with Crippen LogP contribution >= 0.6 is 0 Å². The van der Waals surface area contributed by atoms with Gasteiger partial charge in [-0.25, -0.2) is 0 Å². The highest BCUT2D eigenvalue weighted by atomic mass is 16.5. The van der Waals surface area contributed by atoms with E-state index in [1.54, 1.807) is 0 Å². The van der Waals surface area contributed by atoms with E-state index < -0.39 is 0 Å². The Morgan fingerprint density at radius 2 is 2.00 bits per heavy atom. The van der Waals surface area contributed by atoms with Crippen LogP contribution in [-0.2, 0) is 30.7 Å². The fourth-order valence-electron chi connectivity index (χ4n) is 4.00. The molecule has 1 fully saturated rings. The Balaban J connectivity index is 1.28. The highest BCUT2D eigenvalue weighted by Gasteiger charge is 2.25. The van der Waals surface area contributed by atoms with Crippen LogP contribution in [-0.4, -0.2) is 51.8 Å². The number of ether oxygens (including phenoxy) is 1. The van der Waals surface area contributed by atoms with Gasteiger partial charge in [0.15, 0.2) is 0 Å². The van der Waals surface area contributed by atoms with Crippen LogP contribution in [0.4, 0.5) is 0 Å². The van der Waals surface area contributed by atoms with Gasteiger partial charge in [-0.1, -0.05) is 18.6 Å². The van der Waals surface area contributed by atoms with Crippen LogP contribution in [0.1, 0.15) is 43.4 Å². The van der Waals surface area contributed by atoms with Crippen molar-refractivity contribution in [3.63, 3.8) is 0 Å². The van der Waals surface area contributed by atoms with Gasteiger partial charge in [0.25, 0.3) is 0 Å². The van der Waals surface area contributed by atoms with E-state index in [9.17, 15) is 4.79 Å². The van der Waals surface area contributed by atoms with Gasteiger partial charge in [-0.05, 0) is 37.5 Å². The molecule has 0 unspecified atom stereocenters. The highest BCUT2D eigenvalue weighted by molar-refractivity contribution is 5.79. The van der Waals surface area contributed by atoms with Crippen LogP contribution < -0.4 is 10.1 Å². The molecule has 7 nitrogen and oxygen atoms in total. The zero-order valence-electron chi connectivity index (χ0n) is 17.3. The van der Waals surface area contributed by atoms with Gasteiger partial charge in [0.2, 0.25) is 5.91 Å². The second-order valence-electron chi connectivity index (χ2n) is 7.96. The first-order valence-corrected chi connectivity index (χ1v) is 10.9. The molecule has 2 aliphatic rings. The van der Waals surface area contributed by atoms with Crippen molar-refractivity contribution in [2.24, 2.45) is 5.92 Å². The summed E-state index contributed by atoms with van der Waals surface area (Å²) >= 11 is 0. The zero-order valence-corrected chi connectivity index (χ0v) is 17.3. The van der Waals surface area contributed by atoms with E-state index in [1.165, 1.54) is 12.0 Å². The lowest BCUT2D eigenvalue weighted by molar-refractivity contribution is -0.127. The highest BCUT2D eigenvalue weighted by Crippen LogP contribution is 2.26. The Kier molecular flexibility index (Phi) is 6.44. The number of nitrogens with zero attached hydrogens (tertiary/aromatic N) is 4. The number of rotatable bonds is 8. The van der Waals surface area contributed by atoms with Crippen molar-refractivity contribution >= 4 is 5.91 Å². The van der Waals surface area contributed by atoms with Gasteiger partial charge in [0, 0.05) is 51.5 Å². The maximum absolute atomic E-state index is 12.0. The number of hydrogen-bond acceptors (Lipinski definition) is 5. The molecule has 0 bridgehead atoms. The molecule has 2 heterocycles. The van der Waals surface area contributed by atoms with Gasteiger partial charge in [-0.15, -0.1) is 10.2 Å². The molecule has 1 N–H and O–H groups in total. The number of amides is 1. The molecule has 7 heteroatoms. The molecule has 1 saturated carbocycles. The van der Waals surface area contributed by atoms with E-state index in [2.05, 4.69) is 37.1 Å². The van der Waals surface area contributed by atoms with Crippen LogP contribution in [0.25, 0.3) is 0 Å². The second-order valence-corrected chi connectivity index (χ2v) is 7.96. The van der Waals surface area contributed by atoms with Gasteiger partial charge in [0.05, 0.1) is 6.61 Å². The summed E-state index contributed by atoms with van der Waals surface area (Å²) in [6.45, 7) is 7.10. The molecule has 29 heavy (non-hydrogen) atoms. The Morgan fingerprint density at radius 1 is 1.17 bits per heavy atom. The number of carbonyl (C=O) groups excluding carboxylic acids is 1. The van der Waals surface area contributed by atoms with Crippen LogP contribution in [0, 0.1) is 5.92 Å². The van der Waals surface area contributed by atoms with Gasteiger partial charge in [-0.3, -0.25) is 9.69 Å². The topological polar surface area (TPSA) is 72.3 Å². The fraction of sp³-hybridized carbons (Fsp3) is 0.591. The van der Waals surface area contributed by atoms with E-state index in [-0.39, 0.29) is 11.8 Å². The number of carbonyl (C=O) groups is 1. The maximum atomic E-state index is 12.0. The van der Waals surface area contributed by atoms with Gasteiger partial charge >= 0.3 is 0 Å². The average Bonchev–Trinajstić information content (AvgIpc) is 2.94. The predicted octanol–water partition coefficient (Wildman–Crippen LogP) is 2.19. The van der Waals surface area contributed by atoms with E-state index in [4.69, 9.17) is 4.74 Å². The lowest BCUT2D eigenvalue weighted by Gasteiger charge is -2.24. The normalized spacial score (nSPS) is 17.3. The Bertz CT molecular complexity index is 813. The smallest absolute Gasteiger partial charge is 0.223 e. The van der Waals surface area contributed by atoms with Gasteiger partial charge < -0.3 is 14.6 Å². The number of nitrogens with one attached hydrogen (secondary N) is 1. The summed E-state index contributed by atoms with van der Waals surface area (Å²) in [5.41, 5.74) is 1.30. The van der Waals surface area contributed by atoms with Crippen LogP contribution in [0.5, 0.6) is 5.75 Å². The number of hydrogen-bond donors (Lipinski definition) is 1. The van der Waals surface area contributed by atoms with Gasteiger partial charge in [-0.2, -0.15) is 0 Å². The summed E-state index contributed by atoms with van der Waals surface area (Å²) in [5.74, 6) is 3.40. The SMILES string of the molecule is CCOc1ccc(CN2CCc3nnc(CCNC(=O)C4CCC4)n3CC2)cc1. The molecule has 0 spiro atoms. The third-order valence-corrected chi connectivity index (χ3v) is 5.96. The minimum Gasteiger partial charge on any atom is -0.494 e. The van der Waals surface area contributed by atoms with E-state index >= 15 is 0 Å². The van der Waals surface area contributed by atoms with Crippen molar-refractivity contribution in [3.8, 4) is 5.75 Å². The second kappa shape index (κ2) is 9.39. The number of benzene rings is 1. The first-order valence-electron chi connectivity index (χ1n) is 10.9. The van der Waals surface area contributed by atoms with Crippen molar-refractivity contribution in [1.29, 1.82) is 0 Å². The third-order valence-electron chi connectivity index (χ3n) is 5.96. The lowest BCUT2D eigenvalue weighted by Crippen LogP contribution is -2.35. The monoisotopic (exact) mass is 397 g/mol. The summed E-state index contributed by atoms with van der Waals surface area (Å²) in [5, 5.41) is 11.8. The average molecular weight is 398 g/mol. The summed E-state index contributed by atoms with van der Waals surface area (Å²) < 4.78 is 7.77. The lowest BCUT2D eigenvalue weighted by atomic mass is 9.85. The molecule has 1 aliphatic heterocycles. The first-order chi connectivity index (χ1) is 14.2. The molecule has 1 aliphatic carbocycles. The van der Waals surface area contributed by atoms with Crippen LogP contribution in [0.15, 0.2) is 24.3 Å². The fourth-order valence-corrected chi connectivity index (χ4v) is 4.00. The Labute approximate surface area is 172 Å². The number of aromatic nitrogens is 3. The quantitative estimate of drug-likeness (QED) is 0.739. The van der Waals surface area contributed by atoms with E-state index in [0.717, 1.165) is 69.3 Å².